The molecule has 1 unspecified atom stereocenters. The fourth-order valence-corrected chi connectivity index (χ4v) is 1.19. The van der Waals surface area contributed by atoms with Gasteiger partial charge >= 0.3 is 0 Å². The average Bonchev–Trinajstić information content (AvgIpc) is 2.25. The van der Waals surface area contributed by atoms with Crippen molar-refractivity contribution in [3.05, 3.63) is 30.1 Å². The Hall–Kier alpha value is -0.930. The van der Waals surface area contributed by atoms with Crippen molar-refractivity contribution in [3.8, 4) is 0 Å². The van der Waals surface area contributed by atoms with Crippen molar-refractivity contribution in [1.29, 1.82) is 0 Å². The summed E-state index contributed by atoms with van der Waals surface area (Å²) in [6.45, 7) is 3.60. The molecule has 3 heteroatoms. The first-order chi connectivity index (χ1) is 6.83. The van der Waals surface area contributed by atoms with Crippen molar-refractivity contribution in [2.45, 2.75) is 32.4 Å². The van der Waals surface area contributed by atoms with E-state index in [2.05, 4.69) is 10.3 Å². The number of rotatable bonds is 6. The van der Waals surface area contributed by atoms with E-state index in [1.54, 1.807) is 6.20 Å². The quantitative estimate of drug-likeness (QED) is 0.672. The third kappa shape index (κ3) is 4.35. The third-order valence-corrected chi connectivity index (χ3v) is 2.16. The number of aromatic nitrogens is 1. The Morgan fingerprint density at radius 2 is 2.36 bits per heavy atom. The summed E-state index contributed by atoms with van der Waals surface area (Å²) in [6.07, 6.45) is 3.25. The molecule has 0 amide bonds. The van der Waals surface area contributed by atoms with Crippen molar-refractivity contribution in [2.24, 2.45) is 0 Å². The Balaban J connectivity index is 2.10. The zero-order valence-corrected chi connectivity index (χ0v) is 8.61. The largest absolute Gasteiger partial charge is 0.393 e. The van der Waals surface area contributed by atoms with Crippen LogP contribution in [0.5, 0.6) is 0 Å². The second-order valence-electron chi connectivity index (χ2n) is 3.35. The molecule has 0 aliphatic heterocycles. The van der Waals surface area contributed by atoms with E-state index in [9.17, 15) is 5.11 Å². The average molecular weight is 194 g/mol. The van der Waals surface area contributed by atoms with Gasteiger partial charge in [0, 0.05) is 12.7 Å². The molecule has 0 bridgehead atoms. The van der Waals surface area contributed by atoms with Crippen LogP contribution < -0.4 is 5.32 Å². The van der Waals surface area contributed by atoms with E-state index in [0.29, 0.717) is 0 Å². The summed E-state index contributed by atoms with van der Waals surface area (Å²) in [4.78, 5) is 4.19. The van der Waals surface area contributed by atoms with Crippen LogP contribution in [0.1, 0.15) is 25.5 Å². The third-order valence-electron chi connectivity index (χ3n) is 2.16. The maximum absolute atomic E-state index is 9.30. The van der Waals surface area contributed by atoms with Crippen molar-refractivity contribution < 1.29 is 5.11 Å². The summed E-state index contributed by atoms with van der Waals surface area (Å²) in [5, 5.41) is 12.5. The first-order valence-electron chi connectivity index (χ1n) is 5.11. The van der Waals surface area contributed by atoms with E-state index in [-0.39, 0.29) is 6.10 Å². The van der Waals surface area contributed by atoms with E-state index in [1.165, 1.54) is 0 Å². The van der Waals surface area contributed by atoms with Crippen LogP contribution in [-0.4, -0.2) is 22.7 Å². The minimum Gasteiger partial charge on any atom is -0.393 e. The van der Waals surface area contributed by atoms with Gasteiger partial charge in [-0.2, -0.15) is 0 Å². The molecule has 2 N–H and O–H groups in total. The first kappa shape index (κ1) is 11.1. The number of nitrogens with one attached hydrogen (secondary N) is 1. The molecule has 0 radical (unpaired) electrons. The van der Waals surface area contributed by atoms with Gasteiger partial charge in [-0.05, 0) is 31.5 Å². The molecule has 0 saturated carbocycles. The number of hydrogen-bond acceptors (Lipinski definition) is 3. The lowest BCUT2D eigenvalue weighted by molar-refractivity contribution is 0.159. The summed E-state index contributed by atoms with van der Waals surface area (Å²) >= 11 is 0. The molecule has 0 spiro atoms. The van der Waals surface area contributed by atoms with Gasteiger partial charge in [0.1, 0.15) is 0 Å². The molecule has 0 saturated heterocycles. The highest BCUT2D eigenvalue weighted by atomic mass is 16.3. The molecule has 0 aliphatic rings. The Morgan fingerprint density at radius 3 is 3.00 bits per heavy atom. The second kappa shape index (κ2) is 6.51. The molecule has 3 nitrogen and oxygen atoms in total. The summed E-state index contributed by atoms with van der Waals surface area (Å²) in [5.74, 6) is 0. The van der Waals surface area contributed by atoms with Gasteiger partial charge in [-0.25, -0.2) is 0 Å². The Morgan fingerprint density at radius 1 is 1.50 bits per heavy atom. The van der Waals surface area contributed by atoms with Crippen LogP contribution in [0.15, 0.2) is 24.4 Å². The van der Waals surface area contributed by atoms with Crippen molar-refractivity contribution in [3.63, 3.8) is 0 Å². The van der Waals surface area contributed by atoms with E-state index in [0.717, 1.165) is 31.6 Å². The SMILES string of the molecule is CCC(O)CCNCc1ccccn1. The number of aliphatic hydroxyl groups is 1. The van der Waals surface area contributed by atoms with Crippen LogP contribution in [0.4, 0.5) is 0 Å². The Bertz CT molecular complexity index is 238. The predicted molar refractivity (Wildman–Crippen MR) is 56.9 cm³/mol. The topological polar surface area (TPSA) is 45.1 Å². The van der Waals surface area contributed by atoms with Crippen LogP contribution >= 0.6 is 0 Å². The predicted octanol–water partition coefficient (Wildman–Crippen LogP) is 1.33. The number of hydrogen-bond donors (Lipinski definition) is 2. The highest BCUT2D eigenvalue weighted by molar-refractivity contribution is 5.02. The molecule has 0 fully saturated rings. The molecule has 1 atom stereocenters. The first-order valence-corrected chi connectivity index (χ1v) is 5.11. The van der Waals surface area contributed by atoms with Gasteiger partial charge in [-0.15, -0.1) is 0 Å². The normalized spacial score (nSPS) is 12.7. The summed E-state index contributed by atoms with van der Waals surface area (Å²) in [7, 11) is 0. The van der Waals surface area contributed by atoms with Crippen molar-refractivity contribution >= 4 is 0 Å². The minimum absolute atomic E-state index is 0.175. The standard InChI is InChI=1S/C11H18N2O/c1-2-11(14)6-8-12-9-10-5-3-4-7-13-10/h3-5,7,11-12,14H,2,6,8-9H2,1H3. The van der Waals surface area contributed by atoms with Crippen LogP contribution in [-0.2, 0) is 6.54 Å². The van der Waals surface area contributed by atoms with Gasteiger partial charge in [0.05, 0.1) is 11.8 Å². The highest BCUT2D eigenvalue weighted by Gasteiger charge is 1.99. The van der Waals surface area contributed by atoms with E-state index in [1.807, 2.05) is 25.1 Å². The minimum atomic E-state index is -0.175. The summed E-state index contributed by atoms with van der Waals surface area (Å²) in [5.41, 5.74) is 1.04. The Kier molecular flexibility index (Phi) is 5.19. The van der Waals surface area contributed by atoms with Gasteiger partial charge in [0.15, 0.2) is 0 Å². The molecular weight excluding hydrogens is 176 g/mol. The molecule has 78 valence electrons. The maximum atomic E-state index is 9.30. The fourth-order valence-electron chi connectivity index (χ4n) is 1.19. The molecule has 1 heterocycles. The van der Waals surface area contributed by atoms with Gasteiger partial charge in [-0.3, -0.25) is 4.98 Å². The smallest absolute Gasteiger partial charge is 0.0549 e. The lowest BCUT2D eigenvalue weighted by Gasteiger charge is -2.08. The van der Waals surface area contributed by atoms with Crippen LogP contribution in [0.3, 0.4) is 0 Å². The van der Waals surface area contributed by atoms with Crippen LogP contribution in [0, 0.1) is 0 Å². The zero-order chi connectivity index (χ0) is 10.2. The molecule has 1 rings (SSSR count). The number of nitrogens with zero attached hydrogens (tertiary/aromatic N) is 1. The molecule has 14 heavy (non-hydrogen) atoms. The lowest BCUT2D eigenvalue weighted by Crippen LogP contribution is -2.20. The number of aliphatic hydroxyl groups excluding tert-OH is 1. The van der Waals surface area contributed by atoms with Gasteiger partial charge < -0.3 is 10.4 Å². The molecule has 0 aliphatic carbocycles. The lowest BCUT2D eigenvalue weighted by atomic mass is 10.2. The molecule has 1 aromatic heterocycles. The van der Waals surface area contributed by atoms with Crippen LogP contribution in [0.2, 0.25) is 0 Å². The monoisotopic (exact) mass is 194 g/mol. The van der Waals surface area contributed by atoms with Gasteiger partial charge in [0.25, 0.3) is 0 Å². The van der Waals surface area contributed by atoms with Crippen molar-refractivity contribution in [1.82, 2.24) is 10.3 Å². The molecule has 0 aromatic carbocycles. The van der Waals surface area contributed by atoms with Crippen LogP contribution in [0.25, 0.3) is 0 Å². The Labute approximate surface area is 85.2 Å². The molecule has 1 aromatic rings. The highest BCUT2D eigenvalue weighted by Crippen LogP contribution is 1.96. The van der Waals surface area contributed by atoms with Gasteiger partial charge in [0.2, 0.25) is 0 Å². The van der Waals surface area contributed by atoms with E-state index < -0.39 is 0 Å². The van der Waals surface area contributed by atoms with Crippen molar-refractivity contribution in [2.75, 3.05) is 6.54 Å². The zero-order valence-electron chi connectivity index (χ0n) is 8.61. The van der Waals surface area contributed by atoms with E-state index in [4.69, 9.17) is 0 Å². The second-order valence-corrected chi connectivity index (χ2v) is 3.35. The maximum Gasteiger partial charge on any atom is 0.0549 e. The number of pyridine rings is 1. The van der Waals surface area contributed by atoms with Gasteiger partial charge in [-0.1, -0.05) is 13.0 Å². The van der Waals surface area contributed by atoms with E-state index >= 15 is 0 Å². The molecular formula is C11H18N2O. The summed E-state index contributed by atoms with van der Waals surface area (Å²) in [6, 6.07) is 5.87. The summed E-state index contributed by atoms with van der Waals surface area (Å²) < 4.78 is 0. The fraction of sp³-hybridized carbons (Fsp3) is 0.545.